The SMILES string of the molecule is COc1cc(C)cc(C)c1C(N)C1CCC(C(C)C)CC1. The number of hydrogen-bond donors (Lipinski definition) is 1. The Kier molecular flexibility index (Phi) is 5.32. The molecule has 2 heteroatoms. The van der Waals surface area contributed by atoms with E-state index in [1.807, 2.05) is 0 Å². The first-order chi connectivity index (χ1) is 9.93. The van der Waals surface area contributed by atoms with Gasteiger partial charge in [-0.2, -0.15) is 0 Å². The maximum Gasteiger partial charge on any atom is 0.124 e. The molecular formula is C19H31NO. The van der Waals surface area contributed by atoms with Crippen LogP contribution in [0.15, 0.2) is 12.1 Å². The van der Waals surface area contributed by atoms with Crippen LogP contribution >= 0.6 is 0 Å². The van der Waals surface area contributed by atoms with Gasteiger partial charge in [-0.15, -0.1) is 0 Å². The monoisotopic (exact) mass is 289 g/mol. The molecule has 1 unspecified atom stereocenters. The summed E-state index contributed by atoms with van der Waals surface area (Å²) in [6.07, 6.45) is 5.15. The van der Waals surface area contributed by atoms with Crippen molar-refractivity contribution in [2.24, 2.45) is 23.5 Å². The van der Waals surface area contributed by atoms with E-state index in [4.69, 9.17) is 10.5 Å². The van der Waals surface area contributed by atoms with Gasteiger partial charge in [0.1, 0.15) is 5.75 Å². The summed E-state index contributed by atoms with van der Waals surface area (Å²) >= 11 is 0. The van der Waals surface area contributed by atoms with Crippen molar-refractivity contribution in [2.75, 3.05) is 7.11 Å². The maximum atomic E-state index is 6.64. The van der Waals surface area contributed by atoms with Crippen LogP contribution in [0.3, 0.4) is 0 Å². The van der Waals surface area contributed by atoms with Crippen LogP contribution in [0.1, 0.15) is 62.3 Å². The fourth-order valence-electron chi connectivity index (χ4n) is 3.94. The van der Waals surface area contributed by atoms with Crippen LogP contribution in [-0.4, -0.2) is 7.11 Å². The minimum absolute atomic E-state index is 0.105. The molecule has 0 spiro atoms. The number of ether oxygens (including phenoxy) is 1. The van der Waals surface area contributed by atoms with Crippen LogP contribution in [0.2, 0.25) is 0 Å². The molecule has 1 fully saturated rings. The smallest absolute Gasteiger partial charge is 0.124 e. The molecule has 1 saturated carbocycles. The van der Waals surface area contributed by atoms with Crippen LogP contribution in [0.4, 0.5) is 0 Å². The van der Waals surface area contributed by atoms with Gasteiger partial charge < -0.3 is 10.5 Å². The lowest BCUT2D eigenvalue weighted by atomic mass is 9.73. The lowest BCUT2D eigenvalue weighted by molar-refractivity contribution is 0.202. The van der Waals surface area contributed by atoms with Gasteiger partial charge in [0.25, 0.3) is 0 Å². The van der Waals surface area contributed by atoms with E-state index in [1.165, 1.54) is 42.4 Å². The second-order valence-electron chi connectivity index (χ2n) is 7.14. The van der Waals surface area contributed by atoms with Crippen molar-refractivity contribution in [3.8, 4) is 5.75 Å². The molecule has 0 amide bonds. The maximum absolute atomic E-state index is 6.64. The van der Waals surface area contributed by atoms with Gasteiger partial charge in [-0.3, -0.25) is 0 Å². The van der Waals surface area contributed by atoms with E-state index in [9.17, 15) is 0 Å². The van der Waals surface area contributed by atoms with Crippen molar-refractivity contribution in [3.63, 3.8) is 0 Å². The van der Waals surface area contributed by atoms with Crippen molar-refractivity contribution in [3.05, 3.63) is 28.8 Å². The first-order valence-corrected chi connectivity index (χ1v) is 8.34. The van der Waals surface area contributed by atoms with E-state index >= 15 is 0 Å². The lowest BCUT2D eigenvalue weighted by Crippen LogP contribution is -2.28. The van der Waals surface area contributed by atoms with Crippen molar-refractivity contribution < 1.29 is 4.74 Å². The van der Waals surface area contributed by atoms with Gasteiger partial charge in [-0.25, -0.2) is 0 Å². The zero-order chi connectivity index (χ0) is 15.6. The molecule has 0 saturated heterocycles. The Morgan fingerprint density at radius 1 is 1.05 bits per heavy atom. The van der Waals surface area contributed by atoms with Gasteiger partial charge in [-0.05, 0) is 74.5 Å². The summed E-state index contributed by atoms with van der Waals surface area (Å²) in [4.78, 5) is 0. The molecule has 118 valence electrons. The molecule has 2 nitrogen and oxygen atoms in total. The molecule has 0 aliphatic heterocycles. The Labute approximate surface area is 130 Å². The summed E-state index contributed by atoms with van der Waals surface area (Å²) < 4.78 is 5.60. The molecule has 1 aliphatic rings. The second kappa shape index (κ2) is 6.83. The Bertz CT molecular complexity index is 473. The second-order valence-corrected chi connectivity index (χ2v) is 7.14. The van der Waals surface area contributed by atoms with E-state index in [1.54, 1.807) is 7.11 Å². The highest BCUT2D eigenvalue weighted by Crippen LogP contribution is 2.41. The number of nitrogens with two attached hydrogens (primary N) is 1. The van der Waals surface area contributed by atoms with Gasteiger partial charge in [0.05, 0.1) is 7.11 Å². The molecule has 0 aromatic heterocycles. The first kappa shape index (κ1) is 16.4. The summed E-state index contributed by atoms with van der Waals surface area (Å²) in [5.74, 6) is 3.24. The number of benzene rings is 1. The molecule has 2 N–H and O–H groups in total. The molecule has 21 heavy (non-hydrogen) atoms. The largest absolute Gasteiger partial charge is 0.496 e. The van der Waals surface area contributed by atoms with Crippen molar-refractivity contribution in [1.82, 2.24) is 0 Å². The topological polar surface area (TPSA) is 35.2 Å². The Morgan fingerprint density at radius 3 is 2.14 bits per heavy atom. The molecule has 0 radical (unpaired) electrons. The number of hydrogen-bond acceptors (Lipinski definition) is 2. The fraction of sp³-hybridized carbons (Fsp3) is 0.684. The number of aryl methyl sites for hydroxylation is 2. The zero-order valence-corrected chi connectivity index (χ0v) is 14.3. The van der Waals surface area contributed by atoms with Gasteiger partial charge in [0, 0.05) is 11.6 Å². The average Bonchev–Trinajstić information content (AvgIpc) is 2.45. The Morgan fingerprint density at radius 2 is 1.62 bits per heavy atom. The van der Waals surface area contributed by atoms with Crippen LogP contribution in [0.5, 0.6) is 5.75 Å². The Balaban J connectivity index is 2.16. The van der Waals surface area contributed by atoms with Gasteiger partial charge in [0.15, 0.2) is 0 Å². The van der Waals surface area contributed by atoms with Gasteiger partial charge >= 0.3 is 0 Å². The predicted molar refractivity (Wildman–Crippen MR) is 89.7 cm³/mol. The lowest BCUT2D eigenvalue weighted by Gasteiger charge is -2.35. The third kappa shape index (κ3) is 3.60. The van der Waals surface area contributed by atoms with Crippen LogP contribution in [0, 0.1) is 31.6 Å². The third-order valence-corrected chi connectivity index (χ3v) is 5.31. The quantitative estimate of drug-likeness (QED) is 0.866. The molecule has 0 heterocycles. The van der Waals surface area contributed by atoms with Gasteiger partial charge in [-0.1, -0.05) is 19.9 Å². The zero-order valence-electron chi connectivity index (χ0n) is 14.3. The summed E-state index contributed by atoms with van der Waals surface area (Å²) in [6.45, 7) is 8.96. The van der Waals surface area contributed by atoms with E-state index in [2.05, 4.69) is 39.8 Å². The Hall–Kier alpha value is -1.02. The summed E-state index contributed by atoms with van der Waals surface area (Å²) in [5.41, 5.74) is 10.4. The highest BCUT2D eigenvalue weighted by atomic mass is 16.5. The van der Waals surface area contributed by atoms with E-state index in [0.717, 1.165) is 17.6 Å². The minimum atomic E-state index is 0.105. The van der Waals surface area contributed by atoms with E-state index in [-0.39, 0.29) is 6.04 Å². The molecule has 1 atom stereocenters. The molecule has 2 rings (SSSR count). The number of rotatable bonds is 4. The third-order valence-electron chi connectivity index (χ3n) is 5.31. The van der Waals surface area contributed by atoms with Crippen LogP contribution < -0.4 is 10.5 Å². The molecule has 1 aromatic carbocycles. The summed E-state index contributed by atoms with van der Waals surface area (Å²) in [6, 6.07) is 4.44. The summed E-state index contributed by atoms with van der Waals surface area (Å²) in [7, 11) is 1.75. The van der Waals surface area contributed by atoms with Crippen molar-refractivity contribution >= 4 is 0 Å². The predicted octanol–water partition coefficient (Wildman–Crippen LogP) is 4.77. The first-order valence-electron chi connectivity index (χ1n) is 8.34. The normalized spacial score (nSPS) is 24.1. The van der Waals surface area contributed by atoms with E-state index < -0.39 is 0 Å². The minimum Gasteiger partial charge on any atom is -0.496 e. The highest BCUT2D eigenvalue weighted by Gasteiger charge is 2.29. The highest BCUT2D eigenvalue weighted by molar-refractivity contribution is 5.45. The molecule has 1 aromatic rings. The summed E-state index contributed by atoms with van der Waals surface area (Å²) in [5, 5.41) is 0. The average molecular weight is 289 g/mol. The van der Waals surface area contributed by atoms with E-state index in [0.29, 0.717) is 5.92 Å². The van der Waals surface area contributed by atoms with Crippen molar-refractivity contribution in [2.45, 2.75) is 59.4 Å². The van der Waals surface area contributed by atoms with Crippen molar-refractivity contribution in [1.29, 1.82) is 0 Å². The van der Waals surface area contributed by atoms with Crippen LogP contribution in [0.25, 0.3) is 0 Å². The standard InChI is InChI=1S/C19H31NO/c1-12(2)15-6-8-16(9-7-15)19(20)18-14(4)10-13(3)11-17(18)21-5/h10-12,15-16,19H,6-9,20H2,1-5H3. The molecular weight excluding hydrogens is 258 g/mol. The van der Waals surface area contributed by atoms with Gasteiger partial charge in [0.2, 0.25) is 0 Å². The van der Waals surface area contributed by atoms with Crippen LogP contribution in [-0.2, 0) is 0 Å². The fourth-order valence-corrected chi connectivity index (χ4v) is 3.94. The number of methoxy groups -OCH3 is 1. The molecule has 1 aliphatic carbocycles. The molecule has 0 bridgehead atoms.